The van der Waals surface area contributed by atoms with Gasteiger partial charge in [-0.3, -0.25) is 10.1 Å². The maximum absolute atomic E-state index is 15.2. The minimum absolute atomic E-state index is 0.0938. The van der Waals surface area contributed by atoms with Crippen LogP contribution < -0.4 is 0 Å². The number of hydrogen-bond acceptors (Lipinski definition) is 2. The van der Waals surface area contributed by atoms with Crippen LogP contribution in [0.5, 0.6) is 0 Å². The third-order valence-corrected chi connectivity index (χ3v) is 4.26. The molecule has 2 rings (SSSR count). The van der Waals surface area contributed by atoms with E-state index < -0.39 is 39.6 Å². The molecule has 0 N–H and O–H groups in total. The SMILES string of the molecule is CC1=CC(c2ccccc2[N+](=O)[O-])(C(F)(C(F)(F)F)C(F)(F)F)C=C(C)[CH]1. The summed E-state index contributed by atoms with van der Waals surface area (Å²) in [5.74, 6) is 0. The molecule has 0 atom stereocenters. The van der Waals surface area contributed by atoms with Crippen LogP contribution in [0.4, 0.5) is 36.4 Å². The highest BCUT2D eigenvalue weighted by molar-refractivity contribution is 5.58. The van der Waals surface area contributed by atoms with Gasteiger partial charge >= 0.3 is 18.0 Å². The molecule has 27 heavy (non-hydrogen) atoms. The van der Waals surface area contributed by atoms with Gasteiger partial charge < -0.3 is 0 Å². The third kappa shape index (κ3) is 3.10. The number of nitro groups is 1. The van der Waals surface area contributed by atoms with Gasteiger partial charge in [0, 0.05) is 18.1 Å². The van der Waals surface area contributed by atoms with E-state index in [1.807, 2.05) is 0 Å². The number of rotatable bonds is 3. The van der Waals surface area contributed by atoms with Gasteiger partial charge in [0.05, 0.1) is 10.3 Å². The Hall–Kier alpha value is -2.39. The van der Waals surface area contributed by atoms with Crippen LogP contribution in [0, 0.1) is 16.5 Å². The van der Waals surface area contributed by atoms with E-state index in [-0.39, 0.29) is 11.1 Å². The predicted molar refractivity (Wildman–Crippen MR) is 82.5 cm³/mol. The standard InChI is InChI=1S/C17H13F7NO2/c1-10-7-11(2)9-14(8-10,12-5-3-4-6-13(12)25(26)27)15(18,16(19,20)21)17(22,23)24/h3-9H,1-2H3. The lowest BCUT2D eigenvalue weighted by Crippen LogP contribution is -2.65. The Kier molecular flexibility index (Phi) is 4.92. The van der Waals surface area contributed by atoms with Crippen LogP contribution in [0.25, 0.3) is 0 Å². The molecule has 0 bridgehead atoms. The minimum atomic E-state index is -6.40. The number of alkyl halides is 7. The largest absolute Gasteiger partial charge is 0.433 e. The molecule has 0 aromatic heterocycles. The fourth-order valence-electron chi connectivity index (χ4n) is 3.35. The maximum Gasteiger partial charge on any atom is 0.433 e. The molecule has 0 amide bonds. The summed E-state index contributed by atoms with van der Waals surface area (Å²) in [6.07, 6.45) is -10.7. The highest BCUT2D eigenvalue weighted by atomic mass is 19.4. The van der Waals surface area contributed by atoms with Crippen molar-refractivity contribution < 1.29 is 35.7 Å². The van der Waals surface area contributed by atoms with Crippen LogP contribution in [0.15, 0.2) is 47.6 Å². The molecule has 1 aliphatic carbocycles. The number of para-hydroxylation sites is 1. The number of hydrogen-bond donors (Lipinski definition) is 0. The van der Waals surface area contributed by atoms with Crippen molar-refractivity contribution in [1.82, 2.24) is 0 Å². The molecule has 0 saturated heterocycles. The smallest absolute Gasteiger partial charge is 0.258 e. The van der Waals surface area contributed by atoms with E-state index in [4.69, 9.17) is 0 Å². The molecule has 10 heteroatoms. The molecule has 0 unspecified atom stereocenters. The molecule has 1 aliphatic rings. The first-order chi connectivity index (χ1) is 12.2. The first-order valence-electron chi connectivity index (χ1n) is 7.47. The first kappa shape index (κ1) is 20.9. The first-order valence-corrected chi connectivity index (χ1v) is 7.47. The van der Waals surface area contributed by atoms with Crippen LogP contribution in [-0.4, -0.2) is 22.9 Å². The summed E-state index contributed by atoms with van der Waals surface area (Å²) >= 11 is 0. The fourth-order valence-corrected chi connectivity index (χ4v) is 3.35. The average molecular weight is 396 g/mol. The van der Waals surface area contributed by atoms with E-state index in [0.717, 1.165) is 18.2 Å². The molecule has 147 valence electrons. The Labute approximate surface area is 149 Å². The van der Waals surface area contributed by atoms with E-state index >= 15 is 4.39 Å². The number of allylic oxidation sites excluding steroid dienone is 4. The molecular weight excluding hydrogens is 383 g/mol. The third-order valence-electron chi connectivity index (χ3n) is 4.26. The number of benzene rings is 1. The molecule has 0 aliphatic heterocycles. The predicted octanol–water partition coefficient (Wildman–Crippen LogP) is 5.78. The van der Waals surface area contributed by atoms with Gasteiger partial charge in [-0.2, -0.15) is 26.3 Å². The summed E-state index contributed by atoms with van der Waals surface area (Å²) in [5, 5.41) is 11.3. The highest BCUT2D eigenvalue weighted by Gasteiger charge is 2.81. The zero-order chi connectivity index (χ0) is 20.8. The number of nitro benzene ring substituents is 1. The molecule has 1 aromatic carbocycles. The second-order valence-corrected chi connectivity index (χ2v) is 6.22. The van der Waals surface area contributed by atoms with Crippen molar-refractivity contribution in [3.63, 3.8) is 0 Å². The van der Waals surface area contributed by atoms with E-state index in [1.54, 1.807) is 0 Å². The lowest BCUT2D eigenvalue weighted by Gasteiger charge is -2.45. The van der Waals surface area contributed by atoms with Crippen molar-refractivity contribution in [3.05, 3.63) is 69.7 Å². The van der Waals surface area contributed by atoms with Crippen LogP contribution in [0.3, 0.4) is 0 Å². The van der Waals surface area contributed by atoms with Gasteiger partial charge in [0.25, 0.3) is 5.69 Å². The average Bonchev–Trinajstić information content (AvgIpc) is 2.50. The summed E-state index contributed by atoms with van der Waals surface area (Å²) in [6.45, 7) is 2.38. The number of nitrogens with zero attached hydrogens (tertiary/aromatic N) is 1. The maximum atomic E-state index is 15.2. The fraction of sp³-hybridized carbons (Fsp3) is 0.353. The Balaban J connectivity index is 3.07. The van der Waals surface area contributed by atoms with Gasteiger partial charge in [-0.25, -0.2) is 4.39 Å². The van der Waals surface area contributed by atoms with Crippen molar-refractivity contribution in [1.29, 1.82) is 0 Å². The Morgan fingerprint density at radius 3 is 1.74 bits per heavy atom. The lowest BCUT2D eigenvalue weighted by molar-refractivity contribution is -0.388. The quantitative estimate of drug-likeness (QED) is 0.370. The molecule has 0 saturated carbocycles. The zero-order valence-electron chi connectivity index (χ0n) is 14.0. The molecule has 1 aromatic rings. The summed E-state index contributed by atoms with van der Waals surface area (Å²) in [5.41, 5.74) is -11.6. The summed E-state index contributed by atoms with van der Waals surface area (Å²) in [7, 11) is 0. The molecular formula is C17H13F7NO2. The van der Waals surface area contributed by atoms with Gasteiger partial charge in [0.15, 0.2) is 0 Å². The summed E-state index contributed by atoms with van der Waals surface area (Å²) < 4.78 is 96.7. The van der Waals surface area contributed by atoms with Crippen LogP contribution in [-0.2, 0) is 5.41 Å². The van der Waals surface area contributed by atoms with Gasteiger partial charge in [-0.1, -0.05) is 41.5 Å². The second kappa shape index (κ2) is 6.35. The van der Waals surface area contributed by atoms with Crippen LogP contribution in [0.2, 0.25) is 0 Å². The van der Waals surface area contributed by atoms with Crippen molar-refractivity contribution in [3.8, 4) is 0 Å². The Bertz CT molecular complexity index is 789. The normalized spacial score (nSPS) is 18.0. The Morgan fingerprint density at radius 2 is 1.33 bits per heavy atom. The summed E-state index contributed by atoms with van der Waals surface area (Å²) in [6, 6.07) is 3.51. The topological polar surface area (TPSA) is 43.1 Å². The van der Waals surface area contributed by atoms with Crippen molar-refractivity contribution in [2.24, 2.45) is 0 Å². The van der Waals surface area contributed by atoms with Gasteiger partial charge in [0.1, 0.15) is 0 Å². The molecule has 0 heterocycles. The molecule has 0 spiro atoms. The van der Waals surface area contributed by atoms with Gasteiger partial charge in [-0.05, 0) is 13.8 Å². The number of halogens is 7. The van der Waals surface area contributed by atoms with Crippen LogP contribution in [0.1, 0.15) is 19.4 Å². The highest BCUT2D eigenvalue weighted by Crippen LogP contribution is 2.60. The van der Waals surface area contributed by atoms with Crippen LogP contribution >= 0.6 is 0 Å². The molecule has 3 nitrogen and oxygen atoms in total. The van der Waals surface area contributed by atoms with E-state index in [9.17, 15) is 36.5 Å². The zero-order valence-corrected chi connectivity index (χ0v) is 14.0. The van der Waals surface area contributed by atoms with Gasteiger partial charge in [0.2, 0.25) is 0 Å². The Morgan fingerprint density at radius 1 is 0.889 bits per heavy atom. The van der Waals surface area contributed by atoms with E-state index in [0.29, 0.717) is 18.2 Å². The van der Waals surface area contributed by atoms with Crippen molar-refractivity contribution in [2.75, 3.05) is 0 Å². The summed E-state index contributed by atoms with van der Waals surface area (Å²) in [4.78, 5) is 10.1. The monoisotopic (exact) mass is 396 g/mol. The molecule has 0 fully saturated rings. The van der Waals surface area contributed by atoms with E-state index in [1.165, 1.54) is 20.3 Å². The molecule has 1 radical (unpaired) electrons. The minimum Gasteiger partial charge on any atom is -0.258 e. The van der Waals surface area contributed by atoms with Crippen molar-refractivity contribution >= 4 is 5.69 Å². The van der Waals surface area contributed by atoms with Gasteiger partial charge in [-0.15, -0.1) is 0 Å². The van der Waals surface area contributed by atoms with Crippen molar-refractivity contribution in [2.45, 2.75) is 37.3 Å². The second-order valence-electron chi connectivity index (χ2n) is 6.22. The van der Waals surface area contributed by atoms with E-state index in [2.05, 4.69) is 0 Å². The lowest BCUT2D eigenvalue weighted by atomic mass is 9.63.